The van der Waals surface area contributed by atoms with Gasteiger partial charge in [-0.25, -0.2) is 4.99 Å². The van der Waals surface area contributed by atoms with Crippen LogP contribution in [0.4, 0.5) is 8.63 Å². The maximum atomic E-state index is 13.9. The Balaban J connectivity index is 0.918. The first-order valence-corrected chi connectivity index (χ1v) is 18.4. The number of ether oxygens (including phenoxy) is 1. The van der Waals surface area contributed by atoms with Crippen LogP contribution in [-0.4, -0.2) is 77.5 Å². The molecular weight excluding hydrogens is 715 g/mol. The van der Waals surface area contributed by atoms with Crippen molar-refractivity contribution in [2.24, 2.45) is 4.99 Å². The topological polar surface area (TPSA) is 157 Å². The lowest BCUT2D eigenvalue weighted by atomic mass is 10.1. The fraction of sp³-hybridized carbons (Fsp3) is 0.256. The molecule has 2 aromatic carbocycles. The molecule has 6 N–H and O–H groups in total. The van der Waals surface area contributed by atoms with Crippen molar-refractivity contribution in [1.82, 2.24) is 20.4 Å². The quantitative estimate of drug-likeness (QED) is 0.0369. The molecule has 0 radical (unpaired) electrons. The van der Waals surface area contributed by atoms with Gasteiger partial charge in [-0.2, -0.15) is 0 Å². The number of amides is 2. The first kappa shape index (κ1) is 39.7. The molecule has 15 heteroatoms. The molecule has 1 atom stereocenters. The third kappa shape index (κ3) is 12.0. The van der Waals surface area contributed by atoms with E-state index in [2.05, 4.69) is 20.9 Å². The summed E-state index contributed by atoms with van der Waals surface area (Å²) >= 11 is 1.41. The van der Waals surface area contributed by atoms with Crippen molar-refractivity contribution in [3.05, 3.63) is 113 Å². The predicted octanol–water partition coefficient (Wildman–Crippen LogP) is 5.96. The molecule has 4 aromatic rings. The molecular formula is C39H42BF2N5O6S. The molecule has 2 aromatic heterocycles. The average Bonchev–Trinajstić information content (AvgIpc) is 3.95. The number of aliphatic imine (C=N–C) groups is 1. The van der Waals surface area contributed by atoms with Gasteiger partial charge in [-0.15, -0.1) is 11.3 Å². The minimum atomic E-state index is -2.68. The highest BCUT2D eigenvalue weighted by atomic mass is 32.1. The Morgan fingerprint density at radius 2 is 1.72 bits per heavy atom. The largest absolute Gasteiger partial charge is 0.678 e. The zero-order chi connectivity index (χ0) is 38.3. The molecule has 0 saturated heterocycles. The van der Waals surface area contributed by atoms with Gasteiger partial charge >= 0.3 is 7.40 Å². The van der Waals surface area contributed by atoms with E-state index in [9.17, 15) is 33.5 Å². The first-order chi connectivity index (χ1) is 26.2. The molecule has 54 heavy (non-hydrogen) atoms. The molecule has 0 bridgehead atoms. The van der Waals surface area contributed by atoms with Crippen molar-refractivity contribution in [1.29, 1.82) is 0 Å². The summed E-state index contributed by atoms with van der Waals surface area (Å²) in [5, 5.41) is 39.6. The lowest BCUT2D eigenvalue weighted by Crippen LogP contribution is -2.33. The van der Waals surface area contributed by atoms with Gasteiger partial charge in [0.15, 0.2) is 18.1 Å². The molecule has 0 fully saturated rings. The number of rotatable bonds is 20. The molecule has 282 valence electrons. The Kier molecular flexibility index (Phi) is 14.8. The van der Waals surface area contributed by atoms with Crippen molar-refractivity contribution in [3.63, 3.8) is 0 Å². The zero-order valence-corrected chi connectivity index (χ0v) is 30.3. The number of nitrogens with one attached hydrogen (secondary N) is 3. The second kappa shape index (κ2) is 20.1. The number of aliphatic hydroxyl groups is 1. The van der Waals surface area contributed by atoms with Gasteiger partial charge in [0.05, 0.1) is 23.2 Å². The number of aromatic nitrogens is 1. The summed E-state index contributed by atoms with van der Waals surface area (Å²) < 4.78 is 34.4. The maximum absolute atomic E-state index is 13.9. The van der Waals surface area contributed by atoms with Crippen molar-refractivity contribution < 1.29 is 38.3 Å². The second-order valence-electron chi connectivity index (χ2n) is 12.4. The number of aliphatic hydroxyl groups excluding tert-OH is 1. The Bertz CT molecular complexity index is 1980. The van der Waals surface area contributed by atoms with Gasteiger partial charge in [0.1, 0.15) is 5.75 Å². The van der Waals surface area contributed by atoms with E-state index >= 15 is 0 Å². The summed E-state index contributed by atoms with van der Waals surface area (Å²) in [5.41, 5.74) is 3.46. The van der Waals surface area contributed by atoms with E-state index in [-0.39, 0.29) is 36.5 Å². The van der Waals surface area contributed by atoms with Crippen LogP contribution in [-0.2, 0) is 9.59 Å². The summed E-state index contributed by atoms with van der Waals surface area (Å²) in [5.74, 6) is -0.317. The summed E-state index contributed by atoms with van der Waals surface area (Å²) in [4.78, 5) is 29.6. The van der Waals surface area contributed by atoms with E-state index in [0.29, 0.717) is 66.6 Å². The minimum absolute atomic E-state index is 0.0738. The zero-order valence-electron chi connectivity index (χ0n) is 29.5. The Morgan fingerprint density at radius 3 is 2.48 bits per heavy atom. The Hall–Kier alpha value is -5.51. The van der Waals surface area contributed by atoms with Crippen molar-refractivity contribution in [2.75, 3.05) is 32.8 Å². The van der Waals surface area contributed by atoms with Gasteiger partial charge in [0, 0.05) is 43.2 Å². The summed E-state index contributed by atoms with van der Waals surface area (Å²) in [7, 11) is -2.68. The van der Waals surface area contributed by atoms with Gasteiger partial charge in [-0.05, 0) is 96.1 Å². The van der Waals surface area contributed by atoms with E-state index in [4.69, 9.17) is 4.74 Å². The molecule has 3 heterocycles. The van der Waals surface area contributed by atoms with Crippen molar-refractivity contribution in [3.8, 4) is 27.8 Å². The molecule has 1 aliphatic rings. The maximum Gasteiger partial charge on any atom is 0.678 e. The van der Waals surface area contributed by atoms with E-state index in [1.165, 1.54) is 29.5 Å². The van der Waals surface area contributed by atoms with Crippen LogP contribution in [0.15, 0.2) is 101 Å². The third-order valence-electron chi connectivity index (χ3n) is 8.34. The molecule has 11 nitrogen and oxygen atoms in total. The van der Waals surface area contributed by atoms with Crippen LogP contribution < -0.4 is 20.7 Å². The molecule has 5 rings (SSSR count). The van der Waals surface area contributed by atoms with Crippen LogP contribution in [0.5, 0.6) is 17.2 Å². The predicted molar refractivity (Wildman–Crippen MR) is 209 cm³/mol. The van der Waals surface area contributed by atoms with Crippen molar-refractivity contribution >= 4 is 48.4 Å². The lowest BCUT2D eigenvalue weighted by molar-refractivity contribution is -0.123. The number of carbonyl (C=O) groups excluding carboxylic acids is 2. The minimum Gasteiger partial charge on any atom is -0.504 e. The van der Waals surface area contributed by atoms with Gasteiger partial charge in [0.25, 0.3) is 5.91 Å². The second-order valence-corrected chi connectivity index (χ2v) is 13.3. The fourth-order valence-electron chi connectivity index (χ4n) is 5.50. The van der Waals surface area contributed by atoms with Gasteiger partial charge in [0.2, 0.25) is 5.91 Å². The number of benzene rings is 2. The number of phenolic OH excluding ortho intramolecular Hbond substituents is 2. The standard InChI is InChI=1S/C39H42BF2N5O6S/c41-40(42)47-31(14-17-33(47)37-5-4-22-54-37)24-30-13-12-29(46-30)11-7-27-8-15-32(16-9-27)53-26-39(52)44-19-3-1-2-6-38(51)45-21-20-43-25-36(50)28-10-18-34(48)35(49)23-28/h4-5,7-18,22-24,36,43,48-50H,1-3,6,19-21,25-26H2,(H,44,52)(H,45,51)/b11-7+,30-24-/t36-/m0/s1. The number of phenols is 2. The fourth-order valence-corrected chi connectivity index (χ4v) is 6.25. The average molecular weight is 758 g/mol. The smallest absolute Gasteiger partial charge is 0.504 e. The number of allylic oxidation sites excluding steroid dienone is 3. The Labute approximate surface area is 316 Å². The van der Waals surface area contributed by atoms with Gasteiger partial charge in [-0.1, -0.05) is 36.8 Å². The normalized spacial score (nSPS) is 13.7. The number of carbonyl (C=O) groups is 2. The first-order valence-electron chi connectivity index (χ1n) is 17.5. The van der Waals surface area contributed by atoms with E-state index < -0.39 is 13.5 Å². The van der Waals surface area contributed by atoms with Crippen LogP contribution in [0, 0.1) is 0 Å². The van der Waals surface area contributed by atoms with Crippen LogP contribution in [0.25, 0.3) is 22.7 Å². The molecule has 0 aliphatic carbocycles. The number of hydrogen-bond donors (Lipinski definition) is 6. The molecule has 0 unspecified atom stereocenters. The Morgan fingerprint density at radius 1 is 0.907 bits per heavy atom. The van der Waals surface area contributed by atoms with Crippen LogP contribution in [0.3, 0.4) is 0 Å². The number of nitrogens with zero attached hydrogens (tertiary/aromatic N) is 2. The van der Waals surface area contributed by atoms with E-state index in [1.54, 1.807) is 36.4 Å². The van der Waals surface area contributed by atoms with Crippen LogP contribution >= 0.6 is 11.3 Å². The summed E-state index contributed by atoms with van der Waals surface area (Å²) in [6.07, 6.45) is 10.6. The summed E-state index contributed by atoms with van der Waals surface area (Å²) in [6, 6.07) is 18.4. The monoisotopic (exact) mass is 757 g/mol. The number of aromatic hydroxyl groups is 2. The molecule has 2 amide bonds. The summed E-state index contributed by atoms with van der Waals surface area (Å²) in [6.45, 7) is 1.43. The van der Waals surface area contributed by atoms with E-state index in [1.807, 2.05) is 47.9 Å². The number of thiophene rings is 1. The van der Waals surface area contributed by atoms with Crippen LogP contribution in [0.1, 0.15) is 48.6 Å². The highest BCUT2D eigenvalue weighted by molar-refractivity contribution is 7.13. The molecule has 1 aliphatic heterocycles. The van der Waals surface area contributed by atoms with Crippen LogP contribution in [0.2, 0.25) is 0 Å². The van der Waals surface area contributed by atoms with Gasteiger partial charge < -0.3 is 40.5 Å². The lowest BCUT2D eigenvalue weighted by Gasteiger charge is -2.13. The van der Waals surface area contributed by atoms with Gasteiger partial charge in [-0.3, -0.25) is 18.2 Å². The number of unbranched alkanes of at least 4 members (excludes halogenated alkanes) is 2. The third-order valence-corrected chi connectivity index (χ3v) is 9.23. The molecule has 0 spiro atoms. The SMILES string of the molecule is O=C(CCCCCNC(=O)COc1ccc(/C=C/C2=NC(=C\c3ccc(-c4cccs4)n3B(F)F)/C=C2)cc1)NCCNC[C@H](O)c1ccc(O)c(O)c1. The molecule has 0 saturated carbocycles. The highest BCUT2D eigenvalue weighted by Crippen LogP contribution is 2.30. The highest BCUT2D eigenvalue weighted by Gasteiger charge is 2.24. The number of hydrogen-bond acceptors (Lipinski definition) is 9. The van der Waals surface area contributed by atoms with E-state index in [0.717, 1.165) is 27.8 Å². The van der Waals surface area contributed by atoms with Crippen molar-refractivity contribution in [2.45, 2.75) is 31.8 Å². The number of halogens is 2.